The molecular formula is C13H19N5O2S. The largest absolute Gasteiger partial charge is 0.383 e. The van der Waals surface area contributed by atoms with Crippen molar-refractivity contribution in [3.8, 4) is 10.6 Å². The molecule has 2 aromatic rings. The molecule has 0 saturated heterocycles. The van der Waals surface area contributed by atoms with Gasteiger partial charge in [0.05, 0.1) is 17.9 Å². The van der Waals surface area contributed by atoms with Gasteiger partial charge in [0.25, 0.3) is 5.56 Å². The highest BCUT2D eigenvalue weighted by atomic mass is 32.1. The van der Waals surface area contributed by atoms with Crippen molar-refractivity contribution in [2.75, 3.05) is 25.6 Å². The van der Waals surface area contributed by atoms with Gasteiger partial charge in [0.2, 0.25) is 5.13 Å². The molecule has 7 nitrogen and oxygen atoms in total. The van der Waals surface area contributed by atoms with Crippen molar-refractivity contribution in [3.05, 3.63) is 22.1 Å². The number of aromatic nitrogens is 4. The summed E-state index contributed by atoms with van der Waals surface area (Å²) in [5.74, 6) is 0. The smallest absolute Gasteiger partial charge is 0.277 e. The Morgan fingerprint density at radius 3 is 2.95 bits per heavy atom. The first kappa shape index (κ1) is 15.6. The number of nitrogens with one attached hydrogen (secondary N) is 1. The van der Waals surface area contributed by atoms with Crippen LogP contribution in [0.3, 0.4) is 0 Å². The molecule has 0 bridgehead atoms. The van der Waals surface area contributed by atoms with Gasteiger partial charge in [-0.05, 0) is 19.4 Å². The first-order valence-electron chi connectivity index (χ1n) is 6.81. The molecule has 0 aromatic carbocycles. The molecule has 8 heteroatoms. The third-order valence-corrected chi connectivity index (χ3v) is 3.68. The third kappa shape index (κ3) is 3.85. The second-order valence-electron chi connectivity index (χ2n) is 4.56. The Kier molecular flexibility index (Phi) is 5.40. The molecule has 2 rings (SSSR count). The number of hydrogen-bond donors (Lipinski definition) is 1. The molecule has 0 atom stereocenters. The molecule has 2 heterocycles. The molecule has 0 aliphatic rings. The summed E-state index contributed by atoms with van der Waals surface area (Å²) in [7, 11) is 1.64. The lowest BCUT2D eigenvalue weighted by Gasteiger charge is -2.05. The van der Waals surface area contributed by atoms with E-state index in [0.29, 0.717) is 35.4 Å². The highest BCUT2D eigenvalue weighted by molar-refractivity contribution is 7.18. The summed E-state index contributed by atoms with van der Waals surface area (Å²) in [6, 6.07) is 1.76. The van der Waals surface area contributed by atoms with Gasteiger partial charge in [-0.3, -0.25) is 4.79 Å². The minimum atomic E-state index is -0.123. The van der Waals surface area contributed by atoms with Gasteiger partial charge in [0, 0.05) is 20.2 Å². The predicted octanol–water partition coefficient (Wildman–Crippen LogP) is 1.54. The molecule has 2 aromatic heterocycles. The monoisotopic (exact) mass is 309 g/mol. The van der Waals surface area contributed by atoms with Crippen LogP contribution in [0.25, 0.3) is 10.6 Å². The molecule has 21 heavy (non-hydrogen) atoms. The Balaban J connectivity index is 2.27. The van der Waals surface area contributed by atoms with Crippen LogP contribution in [0, 0.1) is 6.92 Å². The second-order valence-corrected chi connectivity index (χ2v) is 5.54. The zero-order valence-corrected chi connectivity index (χ0v) is 13.2. The van der Waals surface area contributed by atoms with Crippen LogP contribution in [0.15, 0.2) is 10.9 Å². The summed E-state index contributed by atoms with van der Waals surface area (Å²) in [6.07, 6.45) is 0.857. The van der Waals surface area contributed by atoms with E-state index in [1.165, 1.54) is 16.0 Å². The van der Waals surface area contributed by atoms with Crippen LogP contribution < -0.4 is 10.9 Å². The Morgan fingerprint density at radius 2 is 2.24 bits per heavy atom. The van der Waals surface area contributed by atoms with Crippen molar-refractivity contribution >= 4 is 16.5 Å². The lowest BCUT2D eigenvalue weighted by molar-refractivity contribution is 0.211. The third-order valence-electron chi connectivity index (χ3n) is 2.77. The van der Waals surface area contributed by atoms with Crippen molar-refractivity contribution in [1.29, 1.82) is 0 Å². The lowest BCUT2D eigenvalue weighted by Crippen LogP contribution is -2.25. The number of anilines is 1. The van der Waals surface area contributed by atoms with Crippen molar-refractivity contribution in [3.63, 3.8) is 0 Å². The Hall–Kier alpha value is -1.80. The van der Waals surface area contributed by atoms with Crippen LogP contribution in [0.4, 0.5) is 5.13 Å². The summed E-state index contributed by atoms with van der Waals surface area (Å²) >= 11 is 1.36. The number of hydrogen-bond acceptors (Lipinski definition) is 7. The summed E-state index contributed by atoms with van der Waals surface area (Å²) in [6.45, 7) is 5.73. The van der Waals surface area contributed by atoms with E-state index in [1.54, 1.807) is 13.2 Å². The van der Waals surface area contributed by atoms with Gasteiger partial charge in [-0.2, -0.15) is 5.10 Å². The van der Waals surface area contributed by atoms with Crippen LogP contribution in [0.1, 0.15) is 19.0 Å². The minimum Gasteiger partial charge on any atom is -0.383 e. The maximum absolute atomic E-state index is 12.4. The molecule has 0 unspecified atom stereocenters. The summed E-state index contributed by atoms with van der Waals surface area (Å²) < 4.78 is 6.45. The van der Waals surface area contributed by atoms with Crippen LogP contribution in [-0.4, -0.2) is 40.2 Å². The minimum absolute atomic E-state index is 0.123. The molecule has 114 valence electrons. The molecule has 0 radical (unpaired) electrons. The highest BCUT2D eigenvalue weighted by Gasteiger charge is 2.13. The van der Waals surface area contributed by atoms with Crippen molar-refractivity contribution < 1.29 is 4.74 Å². The Labute approximate surface area is 127 Å². The van der Waals surface area contributed by atoms with Crippen LogP contribution in [0.2, 0.25) is 0 Å². The molecule has 0 aliphatic heterocycles. The van der Waals surface area contributed by atoms with E-state index in [1.807, 2.05) is 13.8 Å². The fourth-order valence-electron chi connectivity index (χ4n) is 1.85. The van der Waals surface area contributed by atoms with Gasteiger partial charge in [-0.25, -0.2) is 4.68 Å². The molecular weight excluding hydrogens is 290 g/mol. The van der Waals surface area contributed by atoms with Crippen molar-refractivity contribution in [1.82, 2.24) is 20.0 Å². The SMILES string of the molecule is CCCn1nc(C)cc(-c2nnc(NCCOC)s2)c1=O. The average molecular weight is 309 g/mol. The van der Waals surface area contributed by atoms with Gasteiger partial charge < -0.3 is 10.1 Å². The van der Waals surface area contributed by atoms with Gasteiger partial charge in [0.1, 0.15) is 0 Å². The normalized spacial score (nSPS) is 10.8. The lowest BCUT2D eigenvalue weighted by atomic mass is 10.2. The fraction of sp³-hybridized carbons (Fsp3) is 0.538. The standard InChI is InChI=1S/C13H19N5O2S/c1-4-6-18-12(19)10(8-9(2)17-18)11-15-16-13(21-11)14-5-7-20-3/h8H,4-7H2,1-3H3,(H,14,16). The summed E-state index contributed by atoms with van der Waals surface area (Å²) in [4.78, 5) is 12.4. The molecule has 0 aliphatic carbocycles. The van der Waals surface area contributed by atoms with Gasteiger partial charge in [-0.1, -0.05) is 18.3 Å². The number of ether oxygens (including phenoxy) is 1. The fourth-order valence-corrected chi connectivity index (χ4v) is 2.63. The quantitative estimate of drug-likeness (QED) is 0.781. The molecule has 1 N–H and O–H groups in total. The maximum atomic E-state index is 12.4. The first-order chi connectivity index (χ1) is 10.2. The Bertz CT molecular complexity index is 652. The summed E-state index contributed by atoms with van der Waals surface area (Å²) in [5, 5.41) is 16.8. The van der Waals surface area contributed by atoms with Crippen LogP contribution in [0.5, 0.6) is 0 Å². The molecule has 0 fully saturated rings. The van der Waals surface area contributed by atoms with Crippen molar-refractivity contribution in [2.24, 2.45) is 0 Å². The van der Waals surface area contributed by atoms with Gasteiger partial charge in [-0.15, -0.1) is 10.2 Å². The van der Waals surface area contributed by atoms with Gasteiger partial charge in [0.15, 0.2) is 5.01 Å². The Morgan fingerprint density at radius 1 is 1.43 bits per heavy atom. The van der Waals surface area contributed by atoms with Crippen LogP contribution in [-0.2, 0) is 11.3 Å². The number of aryl methyl sites for hydroxylation is 2. The van der Waals surface area contributed by atoms with E-state index < -0.39 is 0 Å². The van der Waals surface area contributed by atoms with Gasteiger partial charge >= 0.3 is 0 Å². The van der Waals surface area contributed by atoms with E-state index in [9.17, 15) is 4.79 Å². The zero-order chi connectivity index (χ0) is 15.2. The highest BCUT2D eigenvalue weighted by Crippen LogP contribution is 2.23. The number of rotatable bonds is 7. The molecule has 0 saturated carbocycles. The number of nitrogens with zero attached hydrogens (tertiary/aromatic N) is 4. The van der Waals surface area contributed by atoms with E-state index in [-0.39, 0.29) is 5.56 Å². The number of methoxy groups -OCH3 is 1. The van der Waals surface area contributed by atoms with E-state index in [4.69, 9.17) is 4.74 Å². The van der Waals surface area contributed by atoms with E-state index >= 15 is 0 Å². The van der Waals surface area contributed by atoms with Crippen molar-refractivity contribution in [2.45, 2.75) is 26.8 Å². The molecule has 0 amide bonds. The van der Waals surface area contributed by atoms with E-state index in [2.05, 4.69) is 20.6 Å². The maximum Gasteiger partial charge on any atom is 0.277 e. The average Bonchev–Trinajstić information content (AvgIpc) is 2.92. The first-order valence-corrected chi connectivity index (χ1v) is 7.62. The predicted molar refractivity (Wildman–Crippen MR) is 82.8 cm³/mol. The van der Waals surface area contributed by atoms with Crippen LogP contribution >= 0.6 is 11.3 Å². The van der Waals surface area contributed by atoms with E-state index in [0.717, 1.165) is 12.1 Å². The zero-order valence-electron chi connectivity index (χ0n) is 12.4. The topological polar surface area (TPSA) is 81.9 Å². The molecule has 0 spiro atoms. The summed E-state index contributed by atoms with van der Waals surface area (Å²) in [5.41, 5.74) is 1.22. The second kappa shape index (κ2) is 7.28.